The molecular formula is C13H5Cl3F3NO. The van der Waals surface area contributed by atoms with Crippen LogP contribution in [0.25, 0.3) is 11.3 Å². The highest BCUT2D eigenvalue weighted by molar-refractivity contribution is 6.46. The lowest BCUT2D eigenvalue weighted by Crippen LogP contribution is -2.09. The van der Waals surface area contributed by atoms with Crippen LogP contribution in [0.3, 0.4) is 0 Å². The first kappa shape index (κ1) is 16.1. The second-order valence-corrected chi connectivity index (χ2v) is 5.16. The zero-order valence-electron chi connectivity index (χ0n) is 10.0. The molecule has 0 amide bonds. The summed E-state index contributed by atoms with van der Waals surface area (Å²) in [6, 6.07) is 4.47. The molecule has 2 rings (SSSR count). The van der Waals surface area contributed by atoms with Gasteiger partial charge in [-0.05, 0) is 24.3 Å². The number of rotatable bonds is 2. The first-order chi connectivity index (χ1) is 9.75. The first-order valence-corrected chi connectivity index (χ1v) is 6.56. The van der Waals surface area contributed by atoms with Crippen molar-refractivity contribution in [2.24, 2.45) is 0 Å². The van der Waals surface area contributed by atoms with Gasteiger partial charge in [0.15, 0.2) is 6.29 Å². The number of pyridine rings is 1. The SMILES string of the molecule is O=Cc1ccc(C(F)(F)F)nc1-c1c(Cl)ccc(Cl)c1Cl. The molecule has 2 aromatic rings. The summed E-state index contributed by atoms with van der Waals surface area (Å²) in [4.78, 5) is 14.5. The van der Waals surface area contributed by atoms with Crippen molar-refractivity contribution in [1.29, 1.82) is 0 Å². The Labute approximate surface area is 132 Å². The maximum absolute atomic E-state index is 12.8. The summed E-state index contributed by atoms with van der Waals surface area (Å²) in [5.74, 6) is 0. The van der Waals surface area contributed by atoms with E-state index in [4.69, 9.17) is 34.8 Å². The lowest BCUT2D eigenvalue weighted by Gasteiger charge is -2.13. The maximum atomic E-state index is 12.8. The van der Waals surface area contributed by atoms with Gasteiger partial charge in [-0.2, -0.15) is 13.2 Å². The van der Waals surface area contributed by atoms with Gasteiger partial charge >= 0.3 is 6.18 Å². The summed E-state index contributed by atoms with van der Waals surface area (Å²) < 4.78 is 38.3. The van der Waals surface area contributed by atoms with Crippen molar-refractivity contribution in [1.82, 2.24) is 4.98 Å². The Hall–Kier alpha value is -1.30. The molecule has 0 atom stereocenters. The molecule has 0 aliphatic carbocycles. The van der Waals surface area contributed by atoms with Gasteiger partial charge in [0.05, 0.1) is 20.8 Å². The molecule has 1 aromatic carbocycles. The van der Waals surface area contributed by atoms with Crippen LogP contribution in [0.4, 0.5) is 13.2 Å². The van der Waals surface area contributed by atoms with Gasteiger partial charge in [-0.3, -0.25) is 4.79 Å². The van der Waals surface area contributed by atoms with Crippen molar-refractivity contribution in [3.8, 4) is 11.3 Å². The Kier molecular flexibility index (Phi) is 4.46. The van der Waals surface area contributed by atoms with Gasteiger partial charge in [0.1, 0.15) is 5.69 Å². The van der Waals surface area contributed by atoms with Crippen molar-refractivity contribution in [2.75, 3.05) is 0 Å². The van der Waals surface area contributed by atoms with E-state index in [1.54, 1.807) is 0 Å². The van der Waals surface area contributed by atoms with Crippen LogP contribution in [0.5, 0.6) is 0 Å². The summed E-state index contributed by atoms with van der Waals surface area (Å²) in [5.41, 5.74) is -1.51. The molecule has 110 valence electrons. The molecule has 21 heavy (non-hydrogen) atoms. The standard InChI is InChI=1S/C13H5Cl3F3NO/c14-7-2-3-8(15)11(16)10(7)12-6(5-21)1-4-9(20-12)13(17,18)19/h1-5H. The highest BCUT2D eigenvalue weighted by atomic mass is 35.5. The van der Waals surface area contributed by atoms with E-state index in [0.29, 0.717) is 12.4 Å². The number of nitrogens with zero attached hydrogens (tertiary/aromatic N) is 1. The summed E-state index contributed by atoms with van der Waals surface area (Å²) in [6.07, 6.45) is -4.29. The van der Waals surface area contributed by atoms with Crippen LogP contribution in [0.2, 0.25) is 15.1 Å². The monoisotopic (exact) mass is 353 g/mol. The Morgan fingerprint density at radius 3 is 2.19 bits per heavy atom. The average Bonchev–Trinajstić information content (AvgIpc) is 2.42. The lowest BCUT2D eigenvalue weighted by molar-refractivity contribution is -0.141. The molecule has 0 unspecified atom stereocenters. The minimum absolute atomic E-state index is 0.0148. The molecular weight excluding hydrogens is 350 g/mol. The van der Waals surface area contributed by atoms with Crippen molar-refractivity contribution in [2.45, 2.75) is 6.18 Å². The molecule has 0 saturated heterocycles. The molecule has 0 N–H and O–H groups in total. The van der Waals surface area contributed by atoms with E-state index in [9.17, 15) is 18.0 Å². The normalized spacial score (nSPS) is 11.5. The lowest BCUT2D eigenvalue weighted by atomic mass is 10.1. The van der Waals surface area contributed by atoms with Gasteiger partial charge in [-0.25, -0.2) is 4.98 Å². The quantitative estimate of drug-likeness (QED) is 0.523. The number of benzene rings is 1. The van der Waals surface area contributed by atoms with Crippen LogP contribution >= 0.6 is 34.8 Å². The highest BCUT2D eigenvalue weighted by Crippen LogP contribution is 2.40. The van der Waals surface area contributed by atoms with Crippen LogP contribution in [0, 0.1) is 0 Å². The van der Waals surface area contributed by atoms with Crippen LogP contribution < -0.4 is 0 Å². The zero-order chi connectivity index (χ0) is 15.8. The van der Waals surface area contributed by atoms with Gasteiger partial charge in [0.2, 0.25) is 0 Å². The van der Waals surface area contributed by atoms with Crippen molar-refractivity contribution < 1.29 is 18.0 Å². The summed E-state index contributed by atoms with van der Waals surface area (Å²) >= 11 is 17.8. The number of hydrogen-bond acceptors (Lipinski definition) is 2. The molecule has 0 spiro atoms. The third-order valence-corrected chi connectivity index (χ3v) is 3.74. The number of carbonyl (C=O) groups excluding carboxylic acids is 1. The van der Waals surface area contributed by atoms with Gasteiger partial charge in [-0.15, -0.1) is 0 Å². The zero-order valence-corrected chi connectivity index (χ0v) is 12.3. The minimum atomic E-state index is -4.66. The predicted molar refractivity (Wildman–Crippen MR) is 75.1 cm³/mol. The maximum Gasteiger partial charge on any atom is 0.433 e. The number of alkyl halides is 3. The smallest absolute Gasteiger partial charge is 0.298 e. The Morgan fingerprint density at radius 2 is 1.62 bits per heavy atom. The van der Waals surface area contributed by atoms with Crippen LogP contribution in [-0.4, -0.2) is 11.3 Å². The molecule has 0 radical (unpaired) electrons. The van der Waals surface area contributed by atoms with Crippen LogP contribution in [0.15, 0.2) is 24.3 Å². The van der Waals surface area contributed by atoms with Crippen molar-refractivity contribution in [3.63, 3.8) is 0 Å². The Bertz CT molecular complexity index is 717. The van der Waals surface area contributed by atoms with E-state index in [1.165, 1.54) is 12.1 Å². The van der Waals surface area contributed by atoms with Gasteiger partial charge in [0.25, 0.3) is 0 Å². The largest absolute Gasteiger partial charge is 0.433 e. The van der Waals surface area contributed by atoms with Crippen molar-refractivity contribution in [3.05, 3.63) is 50.6 Å². The molecule has 8 heteroatoms. The fourth-order valence-electron chi connectivity index (χ4n) is 1.67. The van der Waals surface area contributed by atoms with Crippen LogP contribution in [0.1, 0.15) is 16.1 Å². The molecule has 0 aliphatic heterocycles. The van der Waals surface area contributed by atoms with E-state index in [2.05, 4.69) is 4.98 Å². The van der Waals surface area contributed by atoms with Gasteiger partial charge < -0.3 is 0 Å². The fourth-order valence-corrected chi connectivity index (χ4v) is 2.37. The second kappa shape index (κ2) is 5.83. The molecule has 0 bridgehead atoms. The van der Waals surface area contributed by atoms with E-state index < -0.39 is 11.9 Å². The topological polar surface area (TPSA) is 30.0 Å². The Morgan fingerprint density at radius 1 is 1.00 bits per heavy atom. The summed E-state index contributed by atoms with van der Waals surface area (Å²) in [7, 11) is 0. The number of aromatic nitrogens is 1. The third-order valence-electron chi connectivity index (χ3n) is 2.62. The van der Waals surface area contributed by atoms with Gasteiger partial charge in [-0.1, -0.05) is 34.8 Å². The molecule has 0 aliphatic rings. The summed E-state index contributed by atoms with van der Waals surface area (Å²) in [6.45, 7) is 0. The number of hydrogen-bond donors (Lipinski definition) is 0. The van der Waals surface area contributed by atoms with Crippen LogP contribution in [-0.2, 0) is 6.18 Å². The third kappa shape index (κ3) is 3.15. The van der Waals surface area contributed by atoms with E-state index in [1.807, 2.05) is 0 Å². The minimum Gasteiger partial charge on any atom is -0.298 e. The number of carbonyl (C=O) groups is 1. The number of halogens is 6. The number of aldehydes is 1. The van der Waals surface area contributed by atoms with Gasteiger partial charge in [0, 0.05) is 11.1 Å². The first-order valence-electron chi connectivity index (χ1n) is 5.43. The van der Waals surface area contributed by atoms with E-state index in [-0.39, 0.29) is 31.9 Å². The molecule has 1 aromatic heterocycles. The highest BCUT2D eigenvalue weighted by Gasteiger charge is 2.33. The average molecular weight is 355 g/mol. The predicted octanol–water partition coefficient (Wildman–Crippen LogP) is 5.54. The molecule has 0 saturated carbocycles. The fraction of sp³-hybridized carbons (Fsp3) is 0.0769. The molecule has 1 heterocycles. The molecule has 2 nitrogen and oxygen atoms in total. The van der Waals surface area contributed by atoms with Crippen molar-refractivity contribution >= 4 is 41.1 Å². The van der Waals surface area contributed by atoms with E-state index >= 15 is 0 Å². The second-order valence-electron chi connectivity index (χ2n) is 3.97. The molecule has 0 fully saturated rings. The van der Waals surface area contributed by atoms with E-state index in [0.717, 1.165) is 6.07 Å². The Balaban J connectivity index is 2.79. The summed E-state index contributed by atoms with van der Waals surface area (Å²) in [5, 5.41) is 0.0607.